The van der Waals surface area contributed by atoms with Crippen LogP contribution < -0.4 is 0 Å². The number of ether oxygens (including phenoxy) is 6. The highest BCUT2D eigenvalue weighted by molar-refractivity contribution is 4.97. The molecule has 4 aliphatic rings. The number of hydrogen-bond acceptors (Lipinski definition) is 7. The van der Waals surface area contributed by atoms with Crippen LogP contribution in [0.2, 0.25) is 0 Å². The van der Waals surface area contributed by atoms with Crippen molar-refractivity contribution in [2.75, 3.05) is 26.4 Å². The first kappa shape index (κ1) is 23.9. The summed E-state index contributed by atoms with van der Waals surface area (Å²) in [5.74, 6) is 0. The van der Waals surface area contributed by atoms with Gasteiger partial charge in [0, 0.05) is 13.0 Å². The molecule has 0 unspecified atom stereocenters. The Bertz CT molecular complexity index is 518. The SMILES string of the molecule is CCCCCCCCCCCCO[C@@H]1CO[C@H]2[C@@H]1OC[C@@H]2O[C@H]1C[C@H]2OC[C@@H](O)[C@H]2O1. The number of rotatable bonds is 14. The Kier molecular flexibility index (Phi) is 9.44. The fourth-order valence-corrected chi connectivity index (χ4v) is 5.26. The summed E-state index contributed by atoms with van der Waals surface area (Å²) < 4.78 is 35.5. The van der Waals surface area contributed by atoms with Gasteiger partial charge in [-0.2, -0.15) is 0 Å². The quantitative estimate of drug-likeness (QED) is 0.414. The minimum Gasteiger partial charge on any atom is -0.388 e. The zero-order valence-electron chi connectivity index (χ0n) is 19.1. The van der Waals surface area contributed by atoms with E-state index in [1.807, 2.05) is 0 Å². The molecule has 0 spiro atoms. The largest absolute Gasteiger partial charge is 0.388 e. The van der Waals surface area contributed by atoms with Gasteiger partial charge in [-0.3, -0.25) is 0 Å². The van der Waals surface area contributed by atoms with Crippen LogP contribution in [0.4, 0.5) is 0 Å². The van der Waals surface area contributed by atoms with Crippen molar-refractivity contribution >= 4 is 0 Å². The summed E-state index contributed by atoms with van der Waals surface area (Å²) in [6, 6.07) is 0. The van der Waals surface area contributed by atoms with E-state index in [2.05, 4.69) is 6.92 Å². The smallest absolute Gasteiger partial charge is 0.161 e. The molecule has 1 N–H and O–H groups in total. The topological polar surface area (TPSA) is 75.6 Å². The Morgan fingerprint density at radius 3 is 2.10 bits per heavy atom. The standard InChI is InChI=1S/C24H42O7/c1-2-3-4-5-6-7-8-9-10-11-12-26-19-15-28-24-20(16-29-23(19)24)30-21-13-18-22(31-21)17(25)14-27-18/h17-25H,2-16H2,1H3/t17-,18-,19-,20+,21-,22-,23-,24-/m1/s1. The molecule has 4 rings (SSSR count). The molecule has 0 amide bonds. The van der Waals surface area contributed by atoms with Gasteiger partial charge in [-0.15, -0.1) is 0 Å². The van der Waals surface area contributed by atoms with Gasteiger partial charge >= 0.3 is 0 Å². The predicted octanol–water partition coefficient (Wildman–Crippen LogP) is 3.35. The maximum Gasteiger partial charge on any atom is 0.161 e. The third-order valence-electron chi connectivity index (χ3n) is 7.08. The minimum absolute atomic E-state index is 0.00815. The molecule has 0 saturated carbocycles. The third kappa shape index (κ3) is 6.40. The van der Waals surface area contributed by atoms with E-state index in [1.54, 1.807) is 0 Å². The molecule has 4 aliphatic heterocycles. The lowest BCUT2D eigenvalue weighted by Gasteiger charge is -2.22. The molecule has 0 aromatic carbocycles. The van der Waals surface area contributed by atoms with Gasteiger partial charge in [0.2, 0.25) is 0 Å². The average Bonchev–Trinajstić information content (AvgIpc) is 3.52. The third-order valence-corrected chi connectivity index (χ3v) is 7.08. The van der Waals surface area contributed by atoms with Crippen molar-refractivity contribution in [3.8, 4) is 0 Å². The van der Waals surface area contributed by atoms with Crippen LogP contribution in [0.5, 0.6) is 0 Å². The second-order valence-corrected chi connectivity index (χ2v) is 9.57. The van der Waals surface area contributed by atoms with Crippen LogP contribution in [0.3, 0.4) is 0 Å². The van der Waals surface area contributed by atoms with Crippen LogP contribution in [-0.2, 0) is 28.4 Å². The molecule has 0 aromatic rings. The first-order chi connectivity index (χ1) is 15.3. The molecule has 7 nitrogen and oxygen atoms in total. The Morgan fingerprint density at radius 2 is 1.39 bits per heavy atom. The van der Waals surface area contributed by atoms with Crippen LogP contribution in [0.1, 0.15) is 77.6 Å². The molecule has 4 fully saturated rings. The van der Waals surface area contributed by atoms with Gasteiger partial charge in [0.05, 0.1) is 25.9 Å². The molecule has 0 aromatic heterocycles. The van der Waals surface area contributed by atoms with Crippen LogP contribution in [0.15, 0.2) is 0 Å². The van der Waals surface area contributed by atoms with Gasteiger partial charge in [-0.1, -0.05) is 64.7 Å². The monoisotopic (exact) mass is 442 g/mol. The van der Waals surface area contributed by atoms with Crippen molar-refractivity contribution in [3.63, 3.8) is 0 Å². The van der Waals surface area contributed by atoms with Crippen LogP contribution in [0, 0.1) is 0 Å². The van der Waals surface area contributed by atoms with Gasteiger partial charge in [0.15, 0.2) is 6.29 Å². The number of fused-ring (bicyclic) bond motifs is 2. The fourth-order valence-electron chi connectivity index (χ4n) is 5.26. The Hall–Kier alpha value is -0.280. The van der Waals surface area contributed by atoms with E-state index in [-0.39, 0.29) is 42.9 Å². The molecule has 4 heterocycles. The zero-order valence-corrected chi connectivity index (χ0v) is 19.1. The molecule has 31 heavy (non-hydrogen) atoms. The van der Waals surface area contributed by atoms with Gasteiger partial charge in [0.1, 0.15) is 36.6 Å². The average molecular weight is 443 g/mol. The number of aliphatic hydroxyl groups is 1. The first-order valence-electron chi connectivity index (χ1n) is 12.7. The summed E-state index contributed by atoms with van der Waals surface area (Å²) in [5.41, 5.74) is 0. The van der Waals surface area contributed by atoms with Gasteiger partial charge < -0.3 is 33.5 Å². The molecule has 0 bridgehead atoms. The lowest BCUT2D eigenvalue weighted by molar-refractivity contribution is -0.189. The molecule has 180 valence electrons. The number of aliphatic hydroxyl groups excluding tert-OH is 1. The molecule has 0 radical (unpaired) electrons. The number of hydrogen-bond donors (Lipinski definition) is 1. The first-order valence-corrected chi connectivity index (χ1v) is 12.7. The Balaban J connectivity index is 1.05. The Morgan fingerprint density at radius 1 is 0.742 bits per heavy atom. The van der Waals surface area contributed by atoms with E-state index in [0.29, 0.717) is 26.2 Å². The van der Waals surface area contributed by atoms with E-state index in [9.17, 15) is 5.11 Å². The highest BCUT2D eigenvalue weighted by Gasteiger charge is 2.52. The lowest BCUT2D eigenvalue weighted by atomic mass is 10.1. The van der Waals surface area contributed by atoms with E-state index < -0.39 is 6.10 Å². The summed E-state index contributed by atoms with van der Waals surface area (Å²) in [7, 11) is 0. The molecule has 0 aliphatic carbocycles. The van der Waals surface area contributed by atoms with Gasteiger partial charge in [-0.25, -0.2) is 0 Å². The van der Waals surface area contributed by atoms with Crippen LogP contribution >= 0.6 is 0 Å². The molecule has 7 heteroatoms. The van der Waals surface area contributed by atoms with E-state index >= 15 is 0 Å². The summed E-state index contributed by atoms with van der Waals surface area (Å²) in [4.78, 5) is 0. The highest BCUT2D eigenvalue weighted by atomic mass is 16.7. The zero-order chi connectivity index (χ0) is 21.5. The summed E-state index contributed by atoms with van der Waals surface area (Å²) in [6.07, 6.45) is 12.3. The summed E-state index contributed by atoms with van der Waals surface area (Å²) >= 11 is 0. The van der Waals surface area contributed by atoms with Crippen molar-refractivity contribution < 1.29 is 33.5 Å². The maximum absolute atomic E-state index is 9.89. The van der Waals surface area contributed by atoms with Crippen LogP contribution in [0.25, 0.3) is 0 Å². The van der Waals surface area contributed by atoms with Crippen molar-refractivity contribution in [2.45, 2.75) is 127 Å². The van der Waals surface area contributed by atoms with Crippen molar-refractivity contribution in [1.82, 2.24) is 0 Å². The maximum atomic E-state index is 9.89. The minimum atomic E-state index is -0.558. The Labute approximate surface area is 187 Å². The molecular formula is C24H42O7. The van der Waals surface area contributed by atoms with Gasteiger partial charge in [0.25, 0.3) is 0 Å². The predicted molar refractivity (Wildman–Crippen MR) is 115 cm³/mol. The lowest BCUT2D eigenvalue weighted by Crippen LogP contribution is -2.36. The van der Waals surface area contributed by atoms with Crippen molar-refractivity contribution in [1.29, 1.82) is 0 Å². The molecule has 4 saturated heterocycles. The van der Waals surface area contributed by atoms with E-state index in [1.165, 1.54) is 57.8 Å². The second kappa shape index (κ2) is 12.3. The summed E-state index contributed by atoms with van der Waals surface area (Å²) in [5, 5.41) is 9.89. The van der Waals surface area contributed by atoms with Gasteiger partial charge in [-0.05, 0) is 6.42 Å². The van der Waals surface area contributed by atoms with E-state index in [0.717, 1.165) is 13.0 Å². The van der Waals surface area contributed by atoms with Crippen molar-refractivity contribution in [3.05, 3.63) is 0 Å². The molecule has 8 atom stereocenters. The van der Waals surface area contributed by atoms with Crippen molar-refractivity contribution in [2.24, 2.45) is 0 Å². The highest BCUT2D eigenvalue weighted by Crippen LogP contribution is 2.36. The number of unbranched alkanes of at least 4 members (excludes halogenated alkanes) is 9. The van der Waals surface area contributed by atoms with Crippen LogP contribution in [-0.4, -0.2) is 80.6 Å². The summed E-state index contributed by atoms with van der Waals surface area (Å²) in [6.45, 7) is 4.44. The van der Waals surface area contributed by atoms with E-state index in [4.69, 9.17) is 28.4 Å². The molecular weight excluding hydrogens is 400 g/mol. The normalized spacial score (nSPS) is 39.3. The second-order valence-electron chi connectivity index (χ2n) is 9.57. The fraction of sp³-hybridized carbons (Fsp3) is 1.00.